The van der Waals surface area contributed by atoms with Crippen molar-refractivity contribution in [2.75, 3.05) is 6.54 Å². The van der Waals surface area contributed by atoms with Crippen molar-refractivity contribution in [3.63, 3.8) is 0 Å². The first-order valence-corrected chi connectivity index (χ1v) is 9.37. The summed E-state index contributed by atoms with van der Waals surface area (Å²) in [6.45, 7) is 10.3. The molecule has 0 bridgehead atoms. The van der Waals surface area contributed by atoms with Crippen LogP contribution in [0.15, 0.2) is 12.1 Å². The zero-order valence-corrected chi connectivity index (χ0v) is 14.7. The van der Waals surface area contributed by atoms with E-state index in [-0.39, 0.29) is 0 Å². The second kappa shape index (κ2) is 10.4. The van der Waals surface area contributed by atoms with Crippen LogP contribution in [0.25, 0.3) is 0 Å². The molecule has 1 unspecified atom stereocenters. The lowest BCUT2D eigenvalue weighted by atomic mass is 9.88. The Morgan fingerprint density at radius 1 is 0.950 bits per heavy atom. The van der Waals surface area contributed by atoms with E-state index in [1.165, 1.54) is 49.8 Å². The molecule has 1 atom stereocenters. The standard InChI is InChI=1S/C18H33NS/c1-5-9-15(10-6-2)18(19-13-7-3)14-17-12-11-16(8-4)20-17/h11-12,15,18-19H,5-10,13-14H2,1-4H3. The van der Waals surface area contributed by atoms with Gasteiger partial charge >= 0.3 is 0 Å². The Morgan fingerprint density at radius 3 is 2.10 bits per heavy atom. The van der Waals surface area contributed by atoms with Gasteiger partial charge in [0.25, 0.3) is 0 Å². The smallest absolute Gasteiger partial charge is 0.0144 e. The molecule has 116 valence electrons. The predicted octanol–water partition coefficient (Wildman–Crippen LogP) is 5.44. The minimum Gasteiger partial charge on any atom is -0.313 e. The van der Waals surface area contributed by atoms with Gasteiger partial charge < -0.3 is 5.32 Å². The van der Waals surface area contributed by atoms with Crippen LogP contribution in [0.5, 0.6) is 0 Å². The van der Waals surface area contributed by atoms with Crippen molar-refractivity contribution < 1.29 is 0 Å². The molecule has 0 amide bonds. The second-order valence-corrected chi connectivity index (χ2v) is 7.08. The van der Waals surface area contributed by atoms with Gasteiger partial charge in [0, 0.05) is 15.8 Å². The second-order valence-electron chi connectivity index (χ2n) is 5.82. The van der Waals surface area contributed by atoms with E-state index in [0.717, 1.165) is 12.5 Å². The van der Waals surface area contributed by atoms with Gasteiger partial charge in [-0.1, -0.05) is 40.5 Å². The first kappa shape index (κ1) is 17.7. The molecule has 0 saturated heterocycles. The number of rotatable bonds is 11. The van der Waals surface area contributed by atoms with E-state index in [2.05, 4.69) is 45.1 Å². The molecule has 0 saturated carbocycles. The summed E-state index contributed by atoms with van der Waals surface area (Å²) >= 11 is 2.01. The molecule has 1 rings (SSSR count). The minimum absolute atomic E-state index is 0.665. The molecule has 0 spiro atoms. The Bertz CT molecular complexity index is 339. The summed E-state index contributed by atoms with van der Waals surface area (Å²) in [5.41, 5.74) is 0. The maximum absolute atomic E-state index is 3.82. The van der Waals surface area contributed by atoms with Crippen molar-refractivity contribution in [1.82, 2.24) is 5.32 Å². The van der Waals surface area contributed by atoms with Gasteiger partial charge in [0.1, 0.15) is 0 Å². The van der Waals surface area contributed by atoms with Crippen LogP contribution in [-0.2, 0) is 12.8 Å². The average Bonchev–Trinajstić information content (AvgIpc) is 2.91. The van der Waals surface area contributed by atoms with Crippen molar-refractivity contribution in [3.05, 3.63) is 21.9 Å². The minimum atomic E-state index is 0.665. The monoisotopic (exact) mass is 295 g/mol. The van der Waals surface area contributed by atoms with Crippen LogP contribution >= 0.6 is 11.3 Å². The first-order valence-electron chi connectivity index (χ1n) is 8.55. The Kier molecular flexibility index (Phi) is 9.21. The van der Waals surface area contributed by atoms with Gasteiger partial charge in [-0.15, -0.1) is 11.3 Å². The van der Waals surface area contributed by atoms with E-state index in [0.29, 0.717) is 6.04 Å². The lowest BCUT2D eigenvalue weighted by Gasteiger charge is -2.27. The predicted molar refractivity (Wildman–Crippen MR) is 92.8 cm³/mol. The largest absolute Gasteiger partial charge is 0.313 e. The van der Waals surface area contributed by atoms with Crippen LogP contribution < -0.4 is 5.32 Å². The fraction of sp³-hybridized carbons (Fsp3) is 0.778. The number of aryl methyl sites for hydroxylation is 1. The van der Waals surface area contributed by atoms with Crippen LogP contribution in [0.3, 0.4) is 0 Å². The number of nitrogens with one attached hydrogen (secondary N) is 1. The lowest BCUT2D eigenvalue weighted by Crippen LogP contribution is -2.38. The van der Waals surface area contributed by atoms with E-state index >= 15 is 0 Å². The summed E-state index contributed by atoms with van der Waals surface area (Å²) in [5.74, 6) is 0.837. The first-order chi connectivity index (χ1) is 9.74. The van der Waals surface area contributed by atoms with Gasteiger partial charge in [0.2, 0.25) is 0 Å². The zero-order chi connectivity index (χ0) is 14.8. The SMILES string of the molecule is CCCNC(Cc1ccc(CC)s1)C(CCC)CCC. The summed E-state index contributed by atoms with van der Waals surface area (Å²) in [6.07, 6.45) is 8.95. The Labute approximate surface area is 130 Å². The van der Waals surface area contributed by atoms with Crippen molar-refractivity contribution in [2.24, 2.45) is 5.92 Å². The van der Waals surface area contributed by atoms with Gasteiger partial charge in [0.15, 0.2) is 0 Å². The molecule has 1 nitrogen and oxygen atoms in total. The molecule has 0 radical (unpaired) electrons. The van der Waals surface area contributed by atoms with Crippen LogP contribution in [0.4, 0.5) is 0 Å². The molecule has 0 aliphatic rings. The zero-order valence-electron chi connectivity index (χ0n) is 13.9. The summed E-state index contributed by atoms with van der Waals surface area (Å²) in [7, 11) is 0. The van der Waals surface area contributed by atoms with Crippen molar-refractivity contribution >= 4 is 11.3 Å². The highest BCUT2D eigenvalue weighted by molar-refractivity contribution is 7.11. The molecule has 20 heavy (non-hydrogen) atoms. The van der Waals surface area contributed by atoms with Crippen LogP contribution in [0.2, 0.25) is 0 Å². The molecule has 1 heterocycles. The Hall–Kier alpha value is -0.340. The molecule has 1 N–H and O–H groups in total. The topological polar surface area (TPSA) is 12.0 Å². The van der Waals surface area contributed by atoms with E-state index in [9.17, 15) is 0 Å². The molecule has 0 aliphatic carbocycles. The Morgan fingerprint density at radius 2 is 1.60 bits per heavy atom. The average molecular weight is 296 g/mol. The molecule has 0 aromatic carbocycles. The number of thiophene rings is 1. The third kappa shape index (κ3) is 5.97. The van der Waals surface area contributed by atoms with Crippen molar-refractivity contribution in [1.29, 1.82) is 0 Å². The van der Waals surface area contributed by atoms with Gasteiger partial charge in [-0.3, -0.25) is 0 Å². The fourth-order valence-corrected chi connectivity index (χ4v) is 3.98. The lowest BCUT2D eigenvalue weighted by molar-refractivity contribution is 0.310. The van der Waals surface area contributed by atoms with Gasteiger partial charge in [-0.05, 0) is 56.7 Å². The summed E-state index contributed by atoms with van der Waals surface area (Å²) in [4.78, 5) is 3.09. The summed E-state index contributed by atoms with van der Waals surface area (Å²) in [6, 6.07) is 5.32. The molecular formula is C18H33NS. The normalized spacial score (nSPS) is 13.1. The molecule has 0 fully saturated rings. The summed E-state index contributed by atoms with van der Waals surface area (Å²) in [5, 5.41) is 3.82. The molecule has 1 aromatic rings. The van der Waals surface area contributed by atoms with Crippen molar-refractivity contribution in [2.45, 2.75) is 78.7 Å². The third-order valence-corrected chi connectivity index (χ3v) is 5.28. The van der Waals surface area contributed by atoms with Crippen LogP contribution in [0.1, 0.15) is 69.6 Å². The van der Waals surface area contributed by atoms with E-state index in [4.69, 9.17) is 0 Å². The maximum Gasteiger partial charge on any atom is 0.0144 e. The highest BCUT2D eigenvalue weighted by Crippen LogP contribution is 2.25. The van der Waals surface area contributed by atoms with Crippen LogP contribution in [-0.4, -0.2) is 12.6 Å². The van der Waals surface area contributed by atoms with Crippen molar-refractivity contribution in [3.8, 4) is 0 Å². The van der Waals surface area contributed by atoms with E-state index < -0.39 is 0 Å². The molecular weight excluding hydrogens is 262 g/mol. The third-order valence-electron chi connectivity index (χ3n) is 4.03. The van der Waals surface area contributed by atoms with Crippen LogP contribution in [0, 0.1) is 5.92 Å². The Balaban J connectivity index is 2.69. The number of hydrogen-bond acceptors (Lipinski definition) is 2. The molecule has 1 aromatic heterocycles. The maximum atomic E-state index is 3.82. The van der Waals surface area contributed by atoms with E-state index in [1.54, 1.807) is 4.88 Å². The van der Waals surface area contributed by atoms with Gasteiger partial charge in [-0.25, -0.2) is 0 Å². The molecule has 0 aliphatic heterocycles. The quantitative estimate of drug-likeness (QED) is 0.573. The van der Waals surface area contributed by atoms with Gasteiger partial charge in [-0.2, -0.15) is 0 Å². The number of hydrogen-bond donors (Lipinski definition) is 1. The fourth-order valence-electron chi connectivity index (χ4n) is 2.96. The molecule has 2 heteroatoms. The summed E-state index contributed by atoms with van der Waals surface area (Å²) < 4.78 is 0. The highest BCUT2D eigenvalue weighted by Gasteiger charge is 2.20. The van der Waals surface area contributed by atoms with E-state index in [1.807, 2.05) is 11.3 Å². The highest BCUT2D eigenvalue weighted by atomic mass is 32.1. The van der Waals surface area contributed by atoms with Gasteiger partial charge in [0.05, 0.1) is 0 Å².